The third-order valence-electron chi connectivity index (χ3n) is 2.98. The largest absolute Gasteiger partial charge is 0.480 e. The molecule has 1 aromatic heterocycles. The van der Waals surface area contributed by atoms with Crippen LogP contribution >= 0.6 is 27.7 Å². The predicted octanol–water partition coefficient (Wildman–Crippen LogP) is 2.26. The summed E-state index contributed by atoms with van der Waals surface area (Å²) in [6.07, 6.45) is 2.77. The maximum absolute atomic E-state index is 12.5. The highest BCUT2D eigenvalue weighted by Gasteiger charge is 2.36. The average molecular weight is 347 g/mol. The minimum absolute atomic E-state index is 0.212. The molecule has 1 aliphatic rings. The zero-order valence-electron chi connectivity index (χ0n) is 10.5. The Balaban J connectivity index is 2.26. The lowest BCUT2D eigenvalue weighted by atomic mass is 10.2. The number of carboxylic acids is 1. The van der Waals surface area contributed by atoms with Crippen LogP contribution in [-0.4, -0.2) is 44.1 Å². The van der Waals surface area contributed by atoms with Gasteiger partial charge in [-0.2, -0.15) is 0 Å². The van der Waals surface area contributed by atoms with Crippen LogP contribution in [0.25, 0.3) is 0 Å². The van der Waals surface area contributed by atoms with Crippen molar-refractivity contribution in [1.82, 2.24) is 9.47 Å². The highest BCUT2D eigenvalue weighted by molar-refractivity contribution is 9.10. The first-order valence-corrected chi connectivity index (χ1v) is 7.96. The zero-order chi connectivity index (χ0) is 14.0. The number of hydrogen-bond acceptors (Lipinski definition) is 3. The zero-order valence-corrected chi connectivity index (χ0v) is 12.9. The van der Waals surface area contributed by atoms with E-state index in [4.69, 9.17) is 5.11 Å². The SMILES string of the molecule is CCCn1cc(Br)cc1C(=O)N1CSCC1C(=O)O. The van der Waals surface area contributed by atoms with E-state index in [1.807, 2.05) is 17.7 Å². The Morgan fingerprint density at radius 2 is 2.32 bits per heavy atom. The fourth-order valence-corrected chi connectivity index (χ4v) is 3.68. The summed E-state index contributed by atoms with van der Waals surface area (Å²) in [6, 6.07) is 1.03. The van der Waals surface area contributed by atoms with Gasteiger partial charge in [-0.05, 0) is 28.4 Å². The minimum atomic E-state index is -0.939. The number of aryl methyl sites for hydroxylation is 1. The normalized spacial score (nSPS) is 18.8. The fourth-order valence-electron chi connectivity index (χ4n) is 2.07. The Hall–Kier alpha value is -0.950. The first kappa shape index (κ1) is 14.5. The second kappa shape index (κ2) is 6.00. The molecular formula is C12H15BrN2O3S. The summed E-state index contributed by atoms with van der Waals surface area (Å²) >= 11 is 4.83. The Labute approximate surface area is 124 Å². The molecular weight excluding hydrogens is 332 g/mol. The number of aromatic nitrogens is 1. The van der Waals surface area contributed by atoms with Crippen molar-refractivity contribution in [3.63, 3.8) is 0 Å². The van der Waals surface area contributed by atoms with Gasteiger partial charge in [0.1, 0.15) is 11.7 Å². The van der Waals surface area contributed by atoms with Crippen LogP contribution < -0.4 is 0 Å². The monoisotopic (exact) mass is 346 g/mol. The number of carbonyl (C=O) groups excluding carboxylic acids is 1. The Bertz CT molecular complexity index is 503. The second-order valence-corrected chi connectivity index (χ2v) is 6.28. The molecule has 104 valence electrons. The molecule has 0 bridgehead atoms. The van der Waals surface area contributed by atoms with Gasteiger partial charge in [-0.3, -0.25) is 4.79 Å². The number of carbonyl (C=O) groups is 2. The maximum atomic E-state index is 12.5. The van der Waals surface area contributed by atoms with Gasteiger partial charge in [0.15, 0.2) is 0 Å². The summed E-state index contributed by atoms with van der Waals surface area (Å²) in [6.45, 7) is 2.78. The van der Waals surface area contributed by atoms with Crippen LogP contribution in [0.2, 0.25) is 0 Å². The molecule has 1 N–H and O–H groups in total. The van der Waals surface area contributed by atoms with Gasteiger partial charge in [-0.25, -0.2) is 4.79 Å². The smallest absolute Gasteiger partial charge is 0.327 e. The van der Waals surface area contributed by atoms with Crippen molar-refractivity contribution in [2.45, 2.75) is 25.9 Å². The van der Waals surface area contributed by atoms with E-state index in [0.717, 1.165) is 17.4 Å². The average Bonchev–Trinajstić information content (AvgIpc) is 2.95. The fraction of sp³-hybridized carbons (Fsp3) is 0.500. The van der Waals surface area contributed by atoms with E-state index in [9.17, 15) is 9.59 Å². The quantitative estimate of drug-likeness (QED) is 0.908. The van der Waals surface area contributed by atoms with E-state index in [0.29, 0.717) is 17.3 Å². The number of amides is 1. The number of halogens is 1. The van der Waals surface area contributed by atoms with Crippen molar-refractivity contribution in [2.75, 3.05) is 11.6 Å². The summed E-state index contributed by atoms with van der Waals surface area (Å²) in [5, 5.41) is 9.13. The molecule has 1 fully saturated rings. The topological polar surface area (TPSA) is 62.5 Å². The Kier molecular flexibility index (Phi) is 4.57. The second-order valence-electron chi connectivity index (χ2n) is 4.37. The highest BCUT2D eigenvalue weighted by atomic mass is 79.9. The lowest BCUT2D eigenvalue weighted by molar-refractivity contribution is -0.140. The van der Waals surface area contributed by atoms with Crippen molar-refractivity contribution < 1.29 is 14.7 Å². The van der Waals surface area contributed by atoms with Crippen molar-refractivity contribution in [3.05, 3.63) is 22.4 Å². The van der Waals surface area contributed by atoms with Crippen LogP contribution in [0.1, 0.15) is 23.8 Å². The Morgan fingerprint density at radius 1 is 1.58 bits per heavy atom. The minimum Gasteiger partial charge on any atom is -0.480 e. The van der Waals surface area contributed by atoms with Gasteiger partial charge in [0, 0.05) is 23.0 Å². The van der Waals surface area contributed by atoms with Crippen LogP contribution in [0.4, 0.5) is 0 Å². The van der Waals surface area contributed by atoms with Crippen molar-refractivity contribution in [3.8, 4) is 0 Å². The van der Waals surface area contributed by atoms with Gasteiger partial charge in [-0.15, -0.1) is 11.8 Å². The molecule has 1 atom stereocenters. The van der Waals surface area contributed by atoms with Crippen LogP contribution in [-0.2, 0) is 11.3 Å². The molecule has 0 aromatic carbocycles. The van der Waals surface area contributed by atoms with Crippen LogP contribution in [0.15, 0.2) is 16.7 Å². The highest BCUT2D eigenvalue weighted by Crippen LogP contribution is 2.25. The number of carboxylic acid groups (broad SMARTS) is 1. The van der Waals surface area contributed by atoms with E-state index >= 15 is 0 Å². The number of aliphatic carboxylic acids is 1. The molecule has 7 heteroatoms. The van der Waals surface area contributed by atoms with Gasteiger partial charge >= 0.3 is 5.97 Å². The molecule has 1 aromatic rings. The molecule has 19 heavy (non-hydrogen) atoms. The van der Waals surface area contributed by atoms with Crippen molar-refractivity contribution in [1.29, 1.82) is 0 Å². The molecule has 0 saturated carbocycles. The molecule has 0 aliphatic carbocycles. The van der Waals surface area contributed by atoms with Crippen LogP contribution in [0.5, 0.6) is 0 Å². The summed E-state index contributed by atoms with van der Waals surface area (Å²) in [4.78, 5) is 25.1. The Morgan fingerprint density at radius 3 is 2.95 bits per heavy atom. The number of nitrogens with zero attached hydrogens (tertiary/aromatic N) is 2. The van der Waals surface area contributed by atoms with E-state index in [1.165, 1.54) is 16.7 Å². The summed E-state index contributed by atoms with van der Waals surface area (Å²) in [5.41, 5.74) is 0.544. The molecule has 1 aliphatic heterocycles. The summed E-state index contributed by atoms with van der Waals surface area (Å²) < 4.78 is 2.71. The van der Waals surface area contributed by atoms with E-state index < -0.39 is 12.0 Å². The first-order chi connectivity index (χ1) is 9.04. The van der Waals surface area contributed by atoms with E-state index in [1.54, 1.807) is 6.07 Å². The maximum Gasteiger partial charge on any atom is 0.327 e. The number of rotatable bonds is 4. The molecule has 1 amide bonds. The van der Waals surface area contributed by atoms with Gasteiger partial charge in [0.2, 0.25) is 0 Å². The van der Waals surface area contributed by atoms with Crippen molar-refractivity contribution in [2.24, 2.45) is 0 Å². The lowest BCUT2D eigenvalue weighted by Crippen LogP contribution is -2.42. The van der Waals surface area contributed by atoms with Crippen LogP contribution in [0, 0.1) is 0 Å². The standard InChI is InChI=1S/C12H15BrN2O3S/c1-2-3-14-5-8(13)4-9(14)11(16)15-7-19-6-10(15)12(17)18/h4-5,10H,2-3,6-7H2,1H3,(H,17,18). The van der Waals surface area contributed by atoms with Gasteiger partial charge < -0.3 is 14.6 Å². The van der Waals surface area contributed by atoms with Crippen molar-refractivity contribution >= 4 is 39.6 Å². The van der Waals surface area contributed by atoms with Gasteiger partial charge in [0.25, 0.3) is 5.91 Å². The van der Waals surface area contributed by atoms with Gasteiger partial charge in [-0.1, -0.05) is 6.92 Å². The number of thioether (sulfide) groups is 1. The summed E-state index contributed by atoms with van der Waals surface area (Å²) in [7, 11) is 0. The molecule has 5 nitrogen and oxygen atoms in total. The van der Waals surface area contributed by atoms with Crippen LogP contribution in [0.3, 0.4) is 0 Å². The molecule has 0 spiro atoms. The predicted molar refractivity (Wildman–Crippen MR) is 77.3 cm³/mol. The first-order valence-electron chi connectivity index (χ1n) is 6.01. The molecule has 0 radical (unpaired) electrons. The van der Waals surface area contributed by atoms with E-state index in [-0.39, 0.29) is 5.91 Å². The third-order valence-corrected chi connectivity index (χ3v) is 4.42. The van der Waals surface area contributed by atoms with Gasteiger partial charge in [0.05, 0.1) is 5.88 Å². The van der Waals surface area contributed by atoms with E-state index in [2.05, 4.69) is 15.9 Å². The molecule has 1 unspecified atom stereocenters. The third kappa shape index (κ3) is 2.97. The number of hydrogen-bond donors (Lipinski definition) is 1. The molecule has 2 heterocycles. The lowest BCUT2D eigenvalue weighted by Gasteiger charge is -2.21. The summed E-state index contributed by atoms with van der Waals surface area (Å²) in [5.74, 6) is -0.260. The molecule has 1 saturated heterocycles. The molecule has 2 rings (SSSR count).